The molecule has 0 aliphatic carbocycles. The number of carbonyl (C=O) groups is 1. The van der Waals surface area contributed by atoms with Crippen molar-refractivity contribution < 1.29 is 14.1 Å². The number of aromatic nitrogens is 2. The second kappa shape index (κ2) is 8.47. The molecule has 1 unspecified atom stereocenters. The maximum absolute atomic E-state index is 12.9. The molecule has 0 spiro atoms. The van der Waals surface area contributed by atoms with Gasteiger partial charge >= 0.3 is 0 Å². The quantitative estimate of drug-likeness (QED) is 0.625. The smallest absolute Gasteiger partial charge is 0.227 e. The molecule has 0 saturated carbocycles. The van der Waals surface area contributed by atoms with Crippen LogP contribution >= 0.6 is 0 Å². The molecule has 0 N–H and O–H groups in total. The molecule has 150 valence electrons. The van der Waals surface area contributed by atoms with Crippen molar-refractivity contribution in [1.82, 2.24) is 15.0 Å². The van der Waals surface area contributed by atoms with E-state index in [0.29, 0.717) is 24.6 Å². The van der Waals surface area contributed by atoms with Crippen LogP contribution in [0.1, 0.15) is 42.3 Å². The number of benzene rings is 2. The van der Waals surface area contributed by atoms with Crippen LogP contribution in [0.25, 0.3) is 11.4 Å². The number of hydrogen-bond acceptors (Lipinski definition) is 5. The van der Waals surface area contributed by atoms with Crippen LogP contribution in [-0.4, -0.2) is 34.6 Å². The molecule has 29 heavy (non-hydrogen) atoms. The van der Waals surface area contributed by atoms with Crippen molar-refractivity contribution in [3.8, 4) is 17.1 Å². The number of amides is 1. The molecule has 1 saturated heterocycles. The summed E-state index contributed by atoms with van der Waals surface area (Å²) in [5.74, 6) is 2.00. The minimum Gasteiger partial charge on any atom is -0.497 e. The number of carbonyl (C=O) groups excluding carboxylic acids is 1. The summed E-state index contributed by atoms with van der Waals surface area (Å²) in [7, 11) is 1.65. The number of rotatable bonds is 6. The highest BCUT2D eigenvalue weighted by Gasteiger charge is 2.29. The molecule has 6 nitrogen and oxygen atoms in total. The predicted molar refractivity (Wildman–Crippen MR) is 109 cm³/mol. The van der Waals surface area contributed by atoms with Crippen molar-refractivity contribution in [2.45, 2.75) is 38.6 Å². The lowest BCUT2D eigenvalue weighted by Gasteiger charge is -2.25. The van der Waals surface area contributed by atoms with Gasteiger partial charge in [0.25, 0.3) is 0 Å². The summed E-state index contributed by atoms with van der Waals surface area (Å²) in [6.45, 7) is 2.82. The average molecular weight is 391 g/mol. The Morgan fingerprint density at radius 1 is 1.17 bits per heavy atom. The van der Waals surface area contributed by atoms with Crippen molar-refractivity contribution >= 4 is 5.91 Å². The average Bonchev–Trinajstić information content (AvgIpc) is 3.42. The van der Waals surface area contributed by atoms with Crippen LogP contribution in [0.15, 0.2) is 53.1 Å². The van der Waals surface area contributed by atoms with Gasteiger partial charge in [0, 0.05) is 24.9 Å². The van der Waals surface area contributed by atoms with Crippen LogP contribution < -0.4 is 4.74 Å². The zero-order valence-corrected chi connectivity index (χ0v) is 16.8. The Balaban J connectivity index is 1.38. The molecular formula is C23H25N3O3. The molecule has 1 atom stereocenters. The van der Waals surface area contributed by atoms with Gasteiger partial charge in [-0.1, -0.05) is 47.1 Å². The first-order chi connectivity index (χ1) is 14.1. The van der Waals surface area contributed by atoms with Gasteiger partial charge in [-0.25, -0.2) is 0 Å². The molecule has 3 aromatic rings. The predicted octanol–water partition coefficient (Wildman–Crippen LogP) is 4.35. The second-order valence-corrected chi connectivity index (χ2v) is 7.40. The van der Waals surface area contributed by atoms with Crippen LogP contribution in [0.4, 0.5) is 0 Å². The maximum Gasteiger partial charge on any atom is 0.227 e. The van der Waals surface area contributed by atoms with Crippen LogP contribution in [0, 0.1) is 6.92 Å². The van der Waals surface area contributed by atoms with E-state index in [4.69, 9.17) is 9.26 Å². The Hall–Kier alpha value is -3.15. The van der Waals surface area contributed by atoms with Crippen molar-refractivity contribution in [2.24, 2.45) is 0 Å². The third-order valence-electron chi connectivity index (χ3n) is 5.40. The Labute approximate surface area is 170 Å². The van der Waals surface area contributed by atoms with Gasteiger partial charge in [-0.05, 0) is 37.5 Å². The number of aryl methyl sites for hydroxylation is 2. The van der Waals surface area contributed by atoms with Gasteiger partial charge in [-0.3, -0.25) is 4.79 Å². The number of hydrogen-bond donors (Lipinski definition) is 0. The molecule has 0 radical (unpaired) electrons. The fourth-order valence-electron chi connectivity index (χ4n) is 3.77. The molecule has 4 rings (SSSR count). The molecule has 1 amide bonds. The molecule has 1 aromatic heterocycles. The highest BCUT2D eigenvalue weighted by Crippen LogP contribution is 2.33. The highest BCUT2D eigenvalue weighted by molar-refractivity contribution is 5.77. The summed E-state index contributed by atoms with van der Waals surface area (Å²) >= 11 is 0. The normalized spacial score (nSPS) is 16.2. The van der Waals surface area contributed by atoms with E-state index in [2.05, 4.69) is 10.1 Å². The van der Waals surface area contributed by atoms with Gasteiger partial charge in [-0.15, -0.1) is 0 Å². The fourth-order valence-corrected chi connectivity index (χ4v) is 3.77. The van der Waals surface area contributed by atoms with Crippen molar-refractivity contribution in [1.29, 1.82) is 0 Å². The van der Waals surface area contributed by atoms with E-state index in [9.17, 15) is 4.79 Å². The first-order valence-electron chi connectivity index (χ1n) is 9.97. The van der Waals surface area contributed by atoms with Crippen molar-refractivity contribution in [3.05, 3.63) is 65.5 Å². The van der Waals surface area contributed by atoms with E-state index in [1.54, 1.807) is 7.11 Å². The summed E-state index contributed by atoms with van der Waals surface area (Å²) < 4.78 is 10.6. The van der Waals surface area contributed by atoms with Gasteiger partial charge < -0.3 is 14.2 Å². The zero-order valence-electron chi connectivity index (χ0n) is 16.8. The minimum absolute atomic E-state index is 0.124. The zero-order chi connectivity index (χ0) is 20.2. The first kappa shape index (κ1) is 19.2. The largest absolute Gasteiger partial charge is 0.497 e. The van der Waals surface area contributed by atoms with E-state index < -0.39 is 0 Å². The number of ether oxygens (including phenoxy) is 1. The summed E-state index contributed by atoms with van der Waals surface area (Å²) in [6.07, 6.45) is 2.81. The Kier molecular flexibility index (Phi) is 5.60. The number of likely N-dealkylation sites (tertiary alicyclic amines) is 1. The molecule has 2 heterocycles. The Morgan fingerprint density at radius 3 is 2.66 bits per heavy atom. The van der Waals surface area contributed by atoms with Crippen LogP contribution in [0.3, 0.4) is 0 Å². The highest BCUT2D eigenvalue weighted by atomic mass is 16.5. The Morgan fingerprint density at radius 2 is 1.93 bits per heavy atom. The van der Waals surface area contributed by atoms with Gasteiger partial charge in [-0.2, -0.15) is 4.98 Å². The lowest BCUT2D eigenvalue weighted by atomic mass is 10.0. The maximum atomic E-state index is 12.9. The lowest BCUT2D eigenvalue weighted by molar-refractivity contribution is -0.132. The summed E-state index contributed by atoms with van der Waals surface area (Å²) in [4.78, 5) is 19.3. The van der Waals surface area contributed by atoms with E-state index >= 15 is 0 Å². The van der Waals surface area contributed by atoms with Gasteiger partial charge in [0.15, 0.2) is 0 Å². The Bertz CT molecular complexity index is 964. The first-order valence-corrected chi connectivity index (χ1v) is 9.97. The monoisotopic (exact) mass is 391 g/mol. The molecule has 1 aliphatic rings. The minimum atomic E-state index is 0.124. The molecule has 6 heteroatoms. The molecule has 1 aliphatic heterocycles. The lowest BCUT2D eigenvalue weighted by Crippen LogP contribution is -2.30. The van der Waals surface area contributed by atoms with Crippen molar-refractivity contribution in [3.63, 3.8) is 0 Å². The fraction of sp³-hybridized carbons (Fsp3) is 0.348. The van der Waals surface area contributed by atoms with Gasteiger partial charge in [0.2, 0.25) is 17.6 Å². The van der Waals surface area contributed by atoms with Crippen LogP contribution in [0.2, 0.25) is 0 Å². The van der Waals surface area contributed by atoms with Crippen LogP contribution in [0.5, 0.6) is 5.75 Å². The molecule has 1 fully saturated rings. The third kappa shape index (κ3) is 4.31. The summed E-state index contributed by atoms with van der Waals surface area (Å²) in [5, 5.41) is 4.05. The van der Waals surface area contributed by atoms with Crippen molar-refractivity contribution in [2.75, 3.05) is 13.7 Å². The molecule has 0 bridgehead atoms. The second-order valence-electron chi connectivity index (χ2n) is 7.40. The third-order valence-corrected chi connectivity index (χ3v) is 5.40. The van der Waals surface area contributed by atoms with E-state index in [1.165, 1.54) is 5.56 Å². The van der Waals surface area contributed by atoms with Gasteiger partial charge in [0.1, 0.15) is 5.75 Å². The van der Waals surface area contributed by atoms with Crippen LogP contribution in [-0.2, 0) is 11.2 Å². The van der Waals surface area contributed by atoms with E-state index in [0.717, 1.165) is 36.3 Å². The topological polar surface area (TPSA) is 68.5 Å². The number of methoxy groups -OCH3 is 1. The van der Waals surface area contributed by atoms with E-state index in [1.807, 2.05) is 60.4 Å². The van der Waals surface area contributed by atoms with E-state index in [-0.39, 0.29) is 11.9 Å². The summed E-state index contributed by atoms with van der Waals surface area (Å²) in [6, 6.07) is 16.1. The SMILES string of the molecule is COc1ccc(C2CCCN2C(=O)CCc2nc(-c3ccc(C)cc3)no2)cc1. The number of nitrogens with zero attached hydrogens (tertiary/aromatic N) is 3. The standard InChI is InChI=1S/C23H25N3O3/c1-16-5-7-18(8-6-16)23-24-21(29-25-23)13-14-22(27)26-15-3-4-20(26)17-9-11-19(28-2)12-10-17/h5-12,20H,3-4,13-15H2,1-2H3. The molecule has 2 aromatic carbocycles. The summed E-state index contributed by atoms with van der Waals surface area (Å²) in [5.41, 5.74) is 3.24. The van der Waals surface area contributed by atoms with Gasteiger partial charge in [0.05, 0.1) is 13.2 Å². The molecular weight excluding hydrogens is 366 g/mol.